The average molecular weight is 325 g/mol. The lowest BCUT2D eigenvalue weighted by Gasteiger charge is -2.09. The van der Waals surface area contributed by atoms with E-state index in [1.54, 1.807) is 12.1 Å². The molecule has 3 nitrogen and oxygen atoms in total. The molecule has 0 aliphatic rings. The Balaban J connectivity index is 2.29. The van der Waals surface area contributed by atoms with Gasteiger partial charge in [0.1, 0.15) is 11.6 Å². The second-order valence-corrected chi connectivity index (χ2v) is 5.40. The van der Waals surface area contributed by atoms with Gasteiger partial charge in [-0.05, 0) is 53.0 Å². The van der Waals surface area contributed by atoms with E-state index in [2.05, 4.69) is 39.7 Å². The van der Waals surface area contributed by atoms with Crippen LogP contribution in [0.1, 0.15) is 31.2 Å². The zero-order chi connectivity index (χ0) is 14.0. The predicted molar refractivity (Wildman–Crippen MR) is 75.0 cm³/mol. The highest BCUT2D eigenvalue weighted by Crippen LogP contribution is 2.25. The summed E-state index contributed by atoms with van der Waals surface area (Å²) in [6, 6.07) is 6.63. The lowest BCUT2D eigenvalue weighted by Crippen LogP contribution is -2.00. The van der Waals surface area contributed by atoms with E-state index in [0.29, 0.717) is 16.1 Å². The summed E-state index contributed by atoms with van der Waals surface area (Å²) in [5, 5.41) is 0. The smallest absolute Gasteiger partial charge is 0.322 e. The van der Waals surface area contributed by atoms with Crippen LogP contribution in [0.5, 0.6) is 11.8 Å². The summed E-state index contributed by atoms with van der Waals surface area (Å²) >= 11 is 3.12. The van der Waals surface area contributed by atoms with Gasteiger partial charge < -0.3 is 4.74 Å². The van der Waals surface area contributed by atoms with Gasteiger partial charge in [0.15, 0.2) is 0 Å². The maximum atomic E-state index is 13.1. The zero-order valence-corrected chi connectivity index (χ0v) is 12.5. The second kappa shape index (κ2) is 5.65. The van der Waals surface area contributed by atoms with E-state index in [0.717, 1.165) is 11.4 Å². The fourth-order valence-electron chi connectivity index (χ4n) is 1.55. The number of nitrogens with zero attached hydrogens (tertiary/aromatic N) is 2. The van der Waals surface area contributed by atoms with Crippen molar-refractivity contribution in [2.75, 3.05) is 0 Å². The number of benzene rings is 1. The fourth-order valence-corrected chi connectivity index (χ4v) is 1.91. The first-order valence-electron chi connectivity index (χ1n) is 5.94. The van der Waals surface area contributed by atoms with Crippen molar-refractivity contribution < 1.29 is 9.13 Å². The number of rotatable bonds is 3. The van der Waals surface area contributed by atoms with Crippen LogP contribution >= 0.6 is 15.9 Å². The van der Waals surface area contributed by atoms with Gasteiger partial charge in [-0.1, -0.05) is 13.8 Å². The van der Waals surface area contributed by atoms with E-state index in [1.165, 1.54) is 6.07 Å². The molecule has 0 saturated carbocycles. The van der Waals surface area contributed by atoms with Crippen LogP contribution < -0.4 is 4.74 Å². The summed E-state index contributed by atoms with van der Waals surface area (Å²) in [5.74, 6) is 0.456. The van der Waals surface area contributed by atoms with E-state index in [1.807, 2.05) is 13.0 Å². The molecular weight excluding hydrogens is 311 g/mol. The van der Waals surface area contributed by atoms with Crippen molar-refractivity contribution in [2.24, 2.45) is 0 Å². The van der Waals surface area contributed by atoms with Crippen molar-refractivity contribution in [2.45, 2.75) is 26.7 Å². The largest absolute Gasteiger partial charge is 0.424 e. The van der Waals surface area contributed by atoms with E-state index in [-0.39, 0.29) is 11.8 Å². The Hall–Kier alpha value is -1.49. The molecule has 0 radical (unpaired) electrons. The molecule has 100 valence electrons. The number of ether oxygens (including phenoxy) is 1. The molecule has 0 aliphatic heterocycles. The molecule has 1 aromatic heterocycles. The Morgan fingerprint density at radius 1 is 1.21 bits per heavy atom. The van der Waals surface area contributed by atoms with Crippen LogP contribution in [-0.2, 0) is 0 Å². The quantitative estimate of drug-likeness (QED) is 0.827. The molecule has 0 fully saturated rings. The van der Waals surface area contributed by atoms with Crippen LogP contribution in [0.3, 0.4) is 0 Å². The molecule has 1 heterocycles. The lowest BCUT2D eigenvalue weighted by atomic mass is 10.1. The van der Waals surface area contributed by atoms with Crippen LogP contribution in [0, 0.1) is 12.7 Å². The van der Waals surface area contributed by atoms with E-state index < -0.39 is 0 Å². The van der Waals surface area contributed by atoms with Crippen LogP contribution in [0.15, 0.2) is 28.7 Å². The second-order valence-electron chi connectivity index (χ2n) is 4.55. The third-order valence-corrected chi connectivity index (χ3v) is 3.15. The minimum absolute atomic E-state index is 0.280. The Bertz CT molecular complexity index is 602. The third-order valence-electron chi connectivity index (χ3n) is 2.55. The molecule has 0 aliphatic carbocycles. The summed E-state index contributed by atoms with van der Waals surface area (Å²) in [6.07, 6.45) is 0. The third kappa shape index (κ3) is 3.50. The van der Waals surface area contributed by atoms with E-state index in [9.17, 15) is 4.39 Å². The molecule has 2 aromatic rings. The van der Waals surface area contributed by atoms with Crippen molar-refractivity contribution in [1.29, 1.82) is 0 Å². The van der Waals surface area contributed by atoms with Crippen molar-refractivity contribution >= 4 is 15.9 Å². The Kier molecular flexibility index (Phi) is 4.14. The molecule has 0 N–H and O–H groups in total. The molecule has 0 atom stereocenters. The van der Waals surface area contributed by atoms with Gasteiger partial charge in [0.2, 0.25) is 0 Å². The summed E-state index contributed by atoms with van der Waals surface area (Å²) in [5.41, 5.74) is 1.76. The van der Waals surface area contributed by atoms with Gasteiger partial charge in [0.25, 0.3) is 0 Å². The standard InChI is InChI=1S/C14H14BrFN2O/c1-8(2)13-6-9(3)17-14(18-13)19-10-4-5-12(16)11(15)7-10/h4-8H,1-3H3. The zero-order valence-electron chi connectivity index (χ0n) is 10.9. The van der Waals surface area contributed by atoms with Crippen LogP contribution in [0.4, 0.5) is 4.39 Å². The fraction of sp³-hybridized carbons (Fsp3) is 0.286. The number of hydrogen-bond acceptors (Lipinski definition) is 3. The summed E-state index contributed by atoms with van der Waals surface area (Å²) in [7, 11) is 0. The molecular formula is C14H14BrFN2O. The lowest BCUT2D eigenvalue weighted by molar-refractivity contribution is 0.435. The van der Waals surface area contributed by atoms with Crippen LogP contribution in [0.25, 0.3) is 0 Å². The molecule has 19 heavy (non-hydrogen) atoms. The minimum atomic E-state index is -0.333. The van der Waals surface area contributed by atoms with Gasteiger partial charge in [0.05, 0.1) is 10.2 Å². The molecule has 0 spiro atoms. The Morgan fingerprint density at radius 3 is 2.58 bits per heavy atom. The maximum absolute atomic E-state index is 13.1. The highest BCUT2D eigenvalue weighted by Gasteiger charge is 2.09. The van der Waals surface area contributed by atoms with Crippen molar-refractivity contribution in [3.05, 3.63) is 45.9 Å². The minimum Gasteiger partial charge on any atom is -0.424 e. The summed E-state index contributed by atoms with van der Waals surface area (Å²) < 4.78 is 19.1. The van der Waals surface area contributed by atoms with Crippen molar-refractivity contribution in [3.63, 3.8) is 0 Å². The average Bonchev–Trinajstić information content (AvgIpc) is 2.33. The first kappa shape index (κ1) is 13.9. The predicted octanol–water partition coefficient (Wildman–Crippen LogP) is 4.60. The molecule has 0 amide bonds. The van der Waals surface area contributed by atoms with E-state index >= 15 is 0 Å². The highest BCUT2D eigenvalue weighted by molar-refractivity contribution is 9.10. The number of aromatic nitrogens is 2. The molecule has 2 rings (SSSR count). The maximum Gasteiger partial charge on any atom is 0.322 e. The topological polar surface area (TPSA) is 35.0 Å². The van der Waals surface area contributed by atoms with Gasteiger partial charge in [0, 0.05) is 5.69 Å². The van der Waals surface area contributed by atoms with Gasteiger partial charge >= 0.3 is 6.01 Å². The normalized spacial score (nSPS) is 10.8. The van der Waals surface area contributed by atoms with Gasteiger partial charge in [-0.25, -0.2) is 9.37 Å². The van der Waals surface area contributed by atoms with Gasteiger partial charge in [-0.2, -0.15) is 4.98 Å². The molecule has 5 heteroatoms. The number of hydrogen-bond donors (Lipinski definition) is 0. The van der Waals surface area contributed by atoms with Gasteiger partial charge in [-0.15, -0.1) is 0 Å². The first-order valence-corrected chi connectivity index (χ1v) is 6.73. The van der Waals surface area contributed by atoms with Crippen LogP contribution in [0.2, 0.25) is 0 Å². The Morgan fingerprint density at radius 2 is 1.95 bits per heavy atom. The van der Waals surface area contributed by atoms with Crippen molar-refractivity contribution in [3.8, 4) is 11.8 Å². The van der Waals surface area contributed by atoms with Gasteiger partial charge in [-0.3, -0.25) is 0 Å². The van der Waals surface area contributed by atoms with Crippen molar-refractivity contribution in [1.82, 2.24) is 9.97 Å². The van der Waals surface area contributed by atoms with E-state index in [4.69, 9.17) is 4.74 Å². The molecule has 0 saturated heterocycles. The summed E-state index contributed by atoms with van der Waals surface area (Å²) in [4.78, 5) is 8.56. The number of halogens is 2. The SMILES string of the molecule is Cc1cc(C(C)C)nc(Oc2ccc(F)c(Br)c2)n1. The summed E-state index contributed by atoms with van der Waals surface area (Å²) in [6.45, 7) is 6.00. The first-order chi connectivity index (χ1) is 8.95. The van der Waals surface area contributed by atoms with Crippen LogP contribution in [-0.4, -0.2) is 9.97 Å². The molecule has 0 unspecified atom stereocenters. The molecule has 0 bridgehead atoms. The highest BCUT2D eigenvalue weighted by atomic mass is 79.9. The Labute approximate surface area is 120 Å². The molecule has 1 aromatic carbocycles. The monoisotopic (exact) mass is 324 g/mol. The number of aryl methyl sites for hydroxylation is 1.